The van der Waals surface area contributed by atoms with Crippen LogP contribution < -0.4 is 5.32 Å². The lowest BCUT2D eigenvalue weighted by atomic mass is 10.3. The number of thiazole rings is 1. The molecule has 1 atom stereocenters. The molecule has 0 aliphatic carbocycles. The first kappa shape index (κ1) is 12.7. The standard InChI is InChI=1S/C11H11ClN2OS2/c1-6(10(15)13-2)16-11-14-8-5-7(12)3-4-9(8)17-11/h3-6H,1-2H3,(H,13,15)/t6-/m1/s1. The quantitative estimate of drug-likeness (QED) is 0.881. The van der Waals surface area contributed by atoms with Gasteiger partial charge in [-0.25, -0.2) is 4.98 Å². The van der Waals surface area contributed by atoms with Gasteiger partial charge in [0.15, 0.2) is 4.34 Å². The van der Waals surface area contributed by atoms with Crippen molar-refractivity contribution in [1.82, 2.24) is 10.3 Å². The van der Waals surface area contributed by atoms with E-state index in [1.54, 1.807) is 18.4 Å². The topological polar surface area (TPSA) is 42.0 Å². The zero-order valence-corrected chi connectivity index (χ0v) is 11.7. The Morgan fingerprint density at radius 3 is 3.06 bits per heavy atom. The van der Waals surface area contributed by atoms with Crippen LogP contribution in [0.4, 0.5) is 0 Å². The zero-order valence-electron chi connectivity index (χ0n) is 9.36. The number of nitrogens with zero attached hydrogens (tertiary/aromatic N) is 1. The molecule has 0 bridgehead atoms. The van der Waals surface area contributed by atoms with Crippen LogP contribution in [0, 0.1) is 0 Å². The predicted octanol–water partition coefficient (Wildman–Crippen LogP) is 3.18. The number of amides is 1. The fourth-order valence-electron chi connectivity index (χ4n) is 1.34. The Morgan fingerprint density at radius 1 is 1.59 bits per heavy atom. The summed E-state index contributed by atoms with van der Waals surface area (Å²) in [5, 5.41) is 3.16. The van der Waals surface area contributed by atoms with Gasteiger partial charge >= 0.3 is 0 Å². The Kier molecular flexibility index (Phi) is 3.91. The third kappa shape index (κ3) is 2.91. The van der Waals surface area contributed by atoms with Crippen LogP contribution in [0.1, 0.15) is 6.92 Å². The van der Waals surface area contributed by atoms with E-state index in [9.17, 15) is 4.79 Å². The number of rotatable bonds is 3. The van der Waals surface area contributed by atoms with Crippen LogP contribution in [0.3, 0.4) is 0 Å². The van der Waals surface area contributed by atoms with Crippen molar-refractivity contribution in [3.63, 3.8) is 0 Å². The molecule has 0 unspecified atom stereocenters. The second-order valence-corrected chi connectivity index (χ2v) is 6.52. The highest BCUT2D eigenvalue weighted by atomic mass is 35.5. The van der Waals surface area contributed by atoms with Crippen molar-refractivity contribution < 1.29 is 4.79 Å². The molecule has 1 heterocycles. The number of carbonyl (C=O) groups is 1. The second kappa shape index (κ2) is 5.25. The molecule has 2 rings (SSSR count). The van der Waals surface area contributed by atoms with Crippen molar-refractivity contribution in [2.24, 2.45) is 0 Å². The fourth-order valence-corrected chi connectivity index (χ4v) is 3.75. The van der Waals surface area contributed by atoms with Crippen LogP contribution in [0.5, 0.6) is 0 Å². The summed E-state index contributed by atoms with van der Waals surface area (Å²) in [6, 6.07) is 5.63. The van der Waals surface area contributed by atoms with Crippen molar-refractivity contribution in [3.05, 3.63) is 23.2 Å². The Hall–Kier alpha value is -0.780. The first-order valence-electron chi connectivity index (χ1n) is 5.04. The lowest BCUT2D eigenvalue weighted by Crippen LogP contribution is -2.26. The van der Waals surface area contributed by atoms with Crippen LogP contribution >= 0.6 is 34.7 Å². The Bertz CT molecular complexity index is 555. The van der Waals surface area contributed by atoms with Crippen LogP contribution in [-0.4, -0.2) is 23.2 Å². The van der Waals surface area contributed by atoms with E-state index in [0.29, 0.717) is 5.02 Å². The smallest absolute Gasteiger partial charge is 0.233 e. The molecule has 90 valence electrons. The minimum Gasteiger partial charge on any atom is -0.358 e. The summed E-state index contributed by atoms with van der Waals surface area (Å²) in [6.07, 6.45) is 0. The fraction of sp³-hybridized carbons (Fsp3) is 0.273. The number of halogens is 1. The van der Waals surface area contributed by atoms with Gasteiger partial charge in [-0.15, -0.1) is 11.3 Å². The third-order valence-corrected chi connectivity index (χ3v) is 4.69. The highest BCUT2D eigenvalue weighted by molar-refractivity contribution is 8.02. The number of hydrogen-bond donors (Lipinski definition) is 1. The van der Waals surface area contributed by atoms with Gasteiger partial charge < -0.3 is 5.32 Å². The average Bonchev–Trinajstić information content (AvgIpc) is 2.69. The monoisotopic (exact) mass is 286 g/mol. The molecule has 1 amide bonds. The number of carbonyl (C=O) groups excluding carboxylic acids is 1. The maximum atomic E-state index is 11.4. The second-order valence-electron chi connectivity index (χ2n) is 3.47. The van der Waals surface area contributed by atoms with Crippen molar-refractivity contribution >= 4 is 50.8 Å². The van der Waals surface area contributed by atoms with E-state index in [0.717, 1.165) is 14.6 Å². The van der Waals surface area contributed by atoms with E-state index >= 15 is 0 Å². The molecule has 0 saturated carbocycles. The number of benzene rings is 1. The summed E-state index contributed by atoms with van der Waals surface area (Å²) >= 11 is 8.94. The maximum Gasteiger partial charge on any atom is 0.233 e. The molecule has 0 aliphatic heterocycles. The van der Waals surface area contributed by atoms with Gasteiger partial charge in [0.1, 0.15) is 0 Å². The highest BCUT2D eigenvalue weighted by Gasteiger charge is 2.15. The average molecular weight is 287 g/mol. The Labute approximate surface area is 113 Å². The number of hydrogen-bond acceptors (Lipinski definition) is 4. The lowest BCUT2D eigenvalue weighted by Gasteiger charge is -2.05. The molecule has 1 aromatic carbocycles. The molecule has 0 spiro atoms. The van der Waals surface area contributed by atoms with E-state index in [2.05, 4.69) is 10.3 Å². The van der Waals surface area contributed by atoms with E-state index in [-0.39, 0.29) is 11.2 Å². The first-order chi connectivity index (χ1) is 8.10. The molecule has 0 aliphatic rings. The highest BCUT2D eigenvalue weighted by Crippen LogP contribution is 2.33. The Balaban J connectivity index is 2.22. The van der Waals surface area contributed by atoms with Crippen LogP contribution in [0.15, 0.2) is 22.5 Å². The van der Waals surface area contributed by atoms with Crippen LogP contribution in [0.25, 0.3) is 10.2 Å². The van der Waals surface area contributed by atoms with E-state index in [1.165, 1.54) is 11.8 Å². The number of aromatic nitrogens is 1. The minimum atomic E-state index is -0.143. The van der Waals surface area contributed by atoms with E-state index in [1.807, 2.05) is 25.1 Å². The minimum absolute atomic E-state index is 0.00675. The summed E-state index contributed by atoms with van der Waals surface area (Å²) in [5.41, 5.74) is 0.883. The van der Waals surface area contributed by atoms with E-state index in [4.69, 9.17) is 11.6 Å². The normalized spacial score (nSPS) is 12.6. The van der Waals surface area contributed by atoms with Gasteiger partial charge in [-0.1, -0.05) is 23.4 Å². The van der Waals surface area contributed by atoms with Crippen molar-refractivity contribution in [3.8, 4) is 0 Å². The molecule has 0 saturated heterocycles. The molecule has 6 heteroatoms. The molecule has 17 heavy (non-hydrogen) atoms. The molecular formula is C11H11ClN2OS2. The number of fused-ring (bicyclic) bond motifs is 1. The lowest BCUT2D eigenvalue weighted by molar-refractivity contribution is -0.119. The molecule has 3 nitrogen and oxygen atoms in total. The summed E-state index contributed by atoms with van der Waals surface area (Å²) in [7, 11) is 1.64. The van der Waals surface area contributed by atoms with Gasteiger partial charge in [-0.3, -0.25) is 4.79 Å². The van der Waals surface area contributed by atoms with Gasteiger partial charge in [0.2, 0.25) is 5.91 Å². The zero-order chi connectivity index (χ0) is 12.4. The predicted molar refractivity (Wildman–Crippen MR) is 74.0 cm³/mol. The first-order valence-corrected chi connectivity index (χ1v) is 7.12. The molecule has 0 fully saturated rings. The van der Waals surface area contributed by atoms with Crippen molar-refractivity contribution in [2.75, 3.05) is 7.05 Å². The molecular weight excluding hydrogens is 276 g/mol. The SMILES string of the molecule is CNC(=O)[C@@H](C)Sc1nc2cc(Cl)ccc2s1. The number of nitrogens with one attached hydrogen (secondary N) is 1. The summed E-state index contributed by atoms with van der Waals surface area (Å²) in [4.78, 5) is 15.9. The summed E-state index contributed by atoms with van der Waals surface area (Å²) in [6.45, 7) is 1.86. The van der Waals surface area contributed by atoms with Gasteiger partial charge in [0, 0.05) is 12.1 Å². The molecule has 2 aromatic rings. The van der Waals surface area contributed by atoms with Crippen molar-refractivity contribution in [2.45, 2.75) is 16.5 Å². The van der Waals surface area contributed by atoms with Crippen LogP contribution in [-0.2, 0) is 4.79 Å². The maximum absolute atomic E-state index is 11.4. The van der Waals surface area contributed by atoms with E-state index < -0.39 is 0 Å². The van der Waals surface area contributed by atoms with Gasteiger partial charge in [0.05, 0.1) is 15.5 Å². The summed E-state index contributed by atoms with van der Waals surface area (Å²) < 4.78 is 1.97. The Morgan fingerprint density at radius 2 is 2.35 bits per heavy atom. The van der Waals surface area contributed by atoms with Gasteiger partial charge in [-0.05, 0) is 25.1 Å². The molecule has 1 N–H and O–H groups in total. The molecule has 1 aromatic heterocycles. The third-order valence-electron chi connectivity index (χ3n) is 2.22. The van der Waals surface area contributed by atoms with Crippen molar-refractivity contribution in [1.29, 1.82) is 0 Å². The van der Waals surface area contributed by atoms with Gasteiger partial charge in [-0.2, -0.15) is 0 Å². The van der Waals surface area contributed by atoms with Crippen LogP contribution in [0.2, 0.25) is 5.02 Å². The molecule has 0 radical (unpaired) electrons. The number of thioether (sulfide) groups is 1. The largest absolute Gasteiger partial charge is 0.358 e. The summed E-state index contributed by atoms with van der Waals surface area (Å²) in [5.74, 6) is 0.00675. The van der Waals surface area contributed by atoms with Gasteiger partial charge in [0.25, 0.3) is 0 Å².